The number of anilines is 1. The summed E-state index contributed by atoms with van der Waals surface area (Å²) in [6.45, 7) is 6.69. The van der Waals surface area contributed by atoms with Gasteiger partial charge >= 0.3 is 0 Å². The van der Waals surface area contributed by atoms with Gasteiger partial charge in [0.25, 0.3) is 5.91 Å². The molecule has 1 aliphatic rings. The molecule has 0 unspecified atom stereocenters. The fraction of sp³-hybridized carbons (Fsp3) is 0.533. The van der Waals surface area contributed by atoms with Crippen molar-refractivity contribution in [2.24, 2.45) is 0 Å². The van der Waals surface area contributed by atoms with Crippen molar-refractivity contribution in [3.8, 4) is 5.75 Å². The van der Waals surface area contributed by atoms with Gasteiger partial charge in [-0.25, -0.2) is 0 Å². The molecule has 1 aliphatic heterocycles. The third-order valence-corrected chi connectivity index (χ3v) is 3.64. The van der Waals surface area contributed by atoms with Crippen LogP contribution in [0.3, 0.4) is 0 Å². The van der Waals surface area contributed by atoms with Crippen LogP contribution in [-0.2, 0) is 4.74 Å². The fourth-order valence-electron chi connectivity index (χ4n) is 2.38. The van der Waals surface area contributed by atoms with Gasteiger partial charge < -0.3 is 20.5 Å². The molecule has 0 aromatic heterocycles. The van der Waals surface area contributed by atoms with E-state index in [0.29, 0.717) is 23.5 Å². The van der Waals surface area contributed by atoms with Crippen molar-refractivity contribution >= 4 is 11.6 Å². The smallest absolute Gasteiger partial charge is 0.251 e. The lowest BCUT2D eigenvalue weighted by Crippen LogP contribution is -2.41. The van der Waals surface area contributed by atoms with E-state index < -0.39 is 0 Å². The first-order valence-electron chi connectivity index (χ1n) is 7.14. The Bertz CT molecular complexity index is 499. The highest BCUT2D eigenvalue weighted by Crippen LogP contribution is 2.25. The number of nitrogens with two attached hydrogens (primary N) is 1. The Balaban J connectivity index is 1.90. The lowest BCUT2D eigenvalue weighted by molar-refractivity contribution is 0.0383. The highest BCUT2D eigenvalue weighted by molar-refractivity contribution is 5.96. The van der Waals surface area contributed by atoms with Crippen molar-refractivity contribution in [1.29, 1.82) is 0 Å². The van der Waals surface area contributed by atoms with Gasteiger partial charge in [-0.05, 0) is 24.6 Å². The van der Waals surface area contributed by atoms with Crippen LogP contribution in [0.15, 0.2) is 12.1 Å². The second kappa shape index (κ2) is 7.28. The van der Waals surface area contributed by atoms with E-state index >= 15 is 0 Å². The van der Waals surface area contributed by atoms with Crippen LogP contribution >= 0.6 is 0 Å². The summed E-state index contributed by atoms with van der Waals surface area (Å²) in [6, 6.07) is 3.45. The van der Waals surface area contributed by atoms with Gasteiger partial charge in [-0.15, -0.1) is 0 Å². The molecule has 2 rings (SSSR count). The van der Waals surface area contributed by atoms with Gasteiger partial charge in [0, 0.05) is 31.7 Å². The number of aryl methyl sites for hydroxylation is 1. The SMILES string of the molecule is COc1cc(C(=O)NCCN2CCOCC2)c(C)cc1N. The first-order valence-corrected chi connectivity index (χ1v) is 7.14. The van der Waals surface area contributed by atoms with Crippen LogP contribution in [0.2, 0.25) is 0 Å². The Labute approximate surface area is 125 Å². The monoisotopic (exact) mass is 293 g/mol. The van der Waals surface area contributed by atoms with Crippen LogP contribution in [0.4, 0.5) is 5.69 Å². The Kier molecular flexibility index (Phi) is 5.41. The third-order valence-electron chi connectivity index (χ3n) is 3.64. The third kappa shape index (κ3) is 4.09. The van der Waals surface area contributed by atoms with Crippen LogP contribution < -0.4 is 15.8 Å². The molecule has 1 amide bonds. The molecular formula is C15H23N3O3. The topological polar surface area (TPSA) is 76.8 Å². The van der Waals surface area contributed by atoms with Gasteiger partial charge in [-0.2, -0.15) is 0 Å². The molecule has 116 valence electrons. The molecule has 3 N–H and O–H groups in total. The molecule has 0 saturated carbocycles. The Hall–Kier alpha value is -1.79. The van der Waals surface area contributed by atoms with Crippen molar-refractivity contribution in [3.05, 3.63) is 23.3 Å². The zero-order valence-electron chi connectivity index (χ0n) is 12.6. The molecule has 1 heterocycles. The van der Waals surface area contributed by atoms with Crippen LogP contribution in [0.5, 0.6) is 5.75 Å². The summed E-state index contributed by atoms with van der Waals surface area (Å²) in [5.41, 5.74) is 7.81. The number of methoxy groups -OCH3 is 1. The minimum atomic E-state index is -0.0981. The lowest BCUT2D eigenvalue weighted by atomic mass is 10.1. The van der Waals surface area contributed by atoms with E-state index in [1.165, 1.54) is 0 Å². The van der Waals surface area contributed by atoms with Crippen molar-refractivity contribution in [1.82, 2.24) is 10.2 Å². The summed E-state index contributed by atoms with van der Waals surface area (Å²) in [5.74, 6) is 0.429. The average Bonchev–Trinajstić information content (AvgIpc) is 2.48. The maximum Gasteiger partial charge on any atom is 0.251 e. The van der Waals surface area contributed by atoms with E-state index in [-0.39, 0.29) is 5.91 Å². The number of ether oxygens (including phenoxy) is 2. The Morgan fingerprint density at radius 3 is 2.81 bits per heavy atom. The molecule has 6 heteroatoms. The van der Waals surface area contributed by atoms with Gasteiger partial charge in [0.15, 0.2) is 0 Å². The number of hydrogen-bond donors (Lipinski definition) is 2. The zero-order chi connectivity index (χ0) is 15.2. The van der Waals surface area contributed by atoms with Crippen LogP contribution in [0.25, 0.3) is 0 Å². The fourth-order valence-corrected chi connectivity index (χ4v) is 2.38. The van der Waals surface area contributed by atoms with E-state index in [4.69, 9.17) is 15.2 Å². The number of carbonyl (C=O) groups is 1. The summed E-state index contributed by atoms with van der Waals surface area (Å²) >= 11 is 0. The number of carbonyl (C=O) groups excluding carboxylic acids is 1. The van der Waals surface area contributed by atoms with Crippen molar-refractivity contribution in [3.63, 3.8) is 0 Å². The molecule has 6 nitrogen and oxygen atoms in total. The average molecular weight is 293 g/mol. The molecule has 0 atom stereocenters. The van der Waals surface area contributed by atoms with E-state index in [1.807, 2.05) is 6.92 Å². The number of hydrogen-bond acceptors (Lipinski definition) is 5. The van der Waals surface area contributed by atoms with Gasteiger partial charge in [0.05, 0.1) is 26.0 Å². The standard InChI is InChI=1S/C15H23N3O3/c1-11-9-13(16)14(20-2)10-12(11)15(19)17-3-4-18-5-7-21-8-6-18/h9-10H,3-8,16H2,1-2H3,(H,17,19). The normalized spacial score (nSPS) is 15.7. The van der Waals surface area contributed by atoms with E-state index in [0.717, 1.165) is 38.4 Å². The van der Waals surface area contributed by atoms with Crippen LogP contribution in [0, 0.1) is 6.92 Å². The molecule has 21 heavy (non-hydrogen) atoms. The molecule has 1 aromatic rings. The quantitative estimate of drug-likeness (QED) is 0.779. The van der Waals surface area contributed by atoms with Crippen LogP contribution in [-0.4, -0.2) is 57.3 Å². The minimum absolute atomic E-state index is 0.0981. The van der Waals surface area contributed by atoms with Crippen molar-refractivity contribution < 1.29 is 14.3 Å². The number of amides is 1. The highest BCUT2D eigenvalue weighted by Gasteiger charge is 2.14. The Morgan fingerprint density at radius 2 is 2.14 bits per heavy atom. The summed E-state index contributed by atoms with van der Waals surface area (Å²) in [6.07, 6.45) is 0. The van der Waals surface area contributed by atoms with E-state index in [9.17, 15) is 4.79 Å². The predicted octanol–water partition coefficient (Wildman–Crippen LogP) is 0.648. The Morgan fingerprint density at radius 1 is 1.43 bits per heavy atom. The van der Waals surface area contributed by atoms with Gasteiger partial charge in [-0.3, -0.25) is 9.69 Å². The minimum Gasteiger partial charge on any atom is -0.495 e. The largest absolute Gasteiger partial charge is 0.495 e. The molecule has 1 saturated heterocycles. The maximum absolute atomic E-state index is 12.2. The zero-order valence-corrected chi connectivity index (χ0v) is 12.6. The number of benzene rings is 1. The van der Waals surface area contributed by atoms with Crippen LogP contribution in [0.1, 0.15) is 15.9 Å². The van der Waals surface area contributed by atoms with E-state index in [1.54, 1.807) is 19.2 Å². The first-order chi connectivity index (χ1) is 10.1. The number of morpholine rings is 1. The van der Waals surface area contributed by atoms with E-state index in [2.05, 4.69) is 10.2 Å². The first kappa shape index (κ1) is 15.6. The molecule has 0 radical (unpaired) electrons. The molecular weight excluding hydrogens is 270 g/mol. The van der Waals surface area contributed by atoms with Gasteiger partial charge in [0.1, 0.15) is 5.75 Å². The molecule has 0 spiro atoms. The number of rotatable bonds is 5. The summed E-state index contributed by atoms with van der Waals surface area (Å²) in [4.78, 5) is 14.5. The summed E-state index contributed by atoms with van der Waals surface area (Å²) in [5, 5.41) is 2.94. The molecule has 0 bridgehead atoms. The predicted molar refractivity (Wildman–Crippen MR) is 81.7 cm³/mol. The highest BCUT2D eigenvalue weighted by atomic mass is 16.5. The number of nitrogens with zero attached hydrogens (tertiary/aromatic N) is 1. The van der Waals surface area contributed by atoms with Crippen molar-refractivity contribution in [2.75, 3.05) is 52.2 Å². The maximum atomic E-state index is 12.2. The number of nitrogens with one attached hydrogen (secondary N) is 1. The second-order valence-electron chi connectivity index (χ2n) is 5.12. The van der Waals surface area contributed by atoms with Crippen molar-refractivity contribution in [2.45, 2.75) is 6.92 Å². The molecule has 1 aromatic carbocycles. The van der Waals surface area contributed by atoms with Gasteiger partial charge in [0.2, 0.25) is 0 Å². The second-order valence-corrected chi connectivity index (χ2v) is 5.12. The molecule has 1 fully saturated rings. The van der Waals surface area contributed by atoms with Gasteiger partial charge in [-0.1, -0.05) is 0 Å². The number of nitrogen functional groups attached to an aromatic ring is 1. The lowest BCUT2D eigenvalue weighted by Gasteiger charge is -2.26. The molecule has 0 aliphatic carbocycles. The summed E-state index contributed by atoms with van der Waals surface area (Å²) in [7, 11) is 1.54. The summed E-state index contributed by atoms with van der Waals surface area (Å²) < 4.78 is 10.5.